The SMILES string of the molecule is COc1ccc(-c2cc(=O)oc3c(C)c(OCc4ccccc4Cl)ccc23)cc1. The van der Waals surface area contributed by atoms with Gasteiger partial charge in [-0.25, -0.2) is 4.79 Å². The van der Waals surface area contributed by atoms with Gasteiger partial charge in [-0.15, -0.1) is 0 Å². The van der Waals surface area contributed by atoms with E-state index < -0.39 is 5.63 Å². The van der Waals surface area contributed by atoms with E-state index in [0.29, 0.717) is 23.0 Å². The van der Waals surface area contributed by atoms with E-state index in [-0.39, 0.29) is 0 Å². The highest BCUT2D eigenvalue weighted by Crippen LogP contribution is 2.34. The highest BCUT2D eigenvalue weighted by Gasteiger charge is 2.14. The molecular formula is C24H19ClO4. The summed E-state index contributed by atoms with van der Waals surface area (Å²) >= 11 is 6.21. The number of benzene rings is 3. The van der Waals surface area contributed by atoms with Crippen LogP contribution in [-0.4, -0.2) is 7.11 Å². The van der Waals surface area contributed by atoms with Crippen LogP contribution < -0.4 is 15.1 Å². The van der Waals surface area contributed by atoms with Crippen molar-refractivity contribution in [2.24, 2.45) is 0 Å². The lowest BCUT2D eigenvalue weighted by Gasteiger charge is -2.13. The first-order valence-electron chi connectivity index (χ1n) is 9.15. The molecule has 0 unspecified atom stereocenters. The highest BCUT2D eigenvalue weighted by molar-refractivity contribution is 6.31. The Bertz CT molecular complexity index is 1230. The van der Waals surface area contributed by atoms with E-state index in [1.807, 2.05) is 67.6 Å². The first kappa shape index (κ1) is 19.1. The Hall–Kier alpha value is -3.24. The minimum Gasteiger partial charge on any atom is -0.497 e. The largest absolute Gasteiger partial charge is 0.497 e. The Morgan fingerprint density at radius 3 is 2.48 bits per heavy atom. The van der Waals surface area contributed by atoms with Gasteiger partial charge in [-0.05, 0) is 48.4 Å². The van der Waals surface area contributed by atoms with E-state index in [0.717, 1.165) is 33.4 Å². The van der Waals surface area contributed by atoms with Gasteiger partial charge in [0, 0.05) is 27.6 Å². The lowest BCUT2D eigenvalue weighted by Crippen LogP contribution is -2.02. The van der Waals surface area contributed by atoms with Crippen molar-refractivity contribution < 1.29 is 13.9 Å². The van der Waals surface area contributed by atoms with Crippen LogP contribution in [0.25, 0.3) is 22.1 Å². The molecule has 146 valence electrons. The molecule has 0 spiro atoms. The number of methoxy groups -OCH3 is 1. The predicted molar refractivity (Wildman–Crippen MR) is 115 cm³/mol. The van der Waals surface area contributed by atoms with Crippen molar-refractivity contribution in [1.29, 1.82) is 0 Å². The molecule has 0 atom stereocenters. The average molecular weight is 407 g/mol. The van der Waals surface area contributed by atoms with E-state index in [4.69, 9.17) is 25.5 Å². The van der Waals surface area contributed by atoms with E-state index in [9.17, 15) is 4.79 Å². The number of hydrogen-bond donors (Lipinski definition) is 0. The fourth-order valence-electron chi connectivity index (χ4n) is 3.28. The van der Waals surface area contributed by atoms with E-state index in [1.54, 1.807) is 7.11 Å². The van der Waals surface area contributed by atoms with E-state index in [1.165, 1.54) is 6.07 Å². The summed E-state index contributed by atoms with van der Waals surface area (Å²) in [5.74, 6) is 1.40. The van der Waals surface area contributed by atoms with Gasteiger partial charge in [-0.1, -0.05) is 41.9 Å². The summed E-state index contributed by atoms with van der Waals surface area (Å²) in [5, 5.41) is 1.50. The minimum absolute atomic E-state index is 0.328. The predicted octanol–water partition coefficient (Wildman–Crippen LogP) is 6.01. The van der Waals surface area contributed by atoms with Crippen LogP contribution in [0, 0.1) is 6.92 Å². The third kappa shape index (κ3) is 3.84. The zero-order valence-corrected chi connectivity index (χ0v) is 16.8. The number of fused-ring (bicyclic) bond motifs is 1. The molecule has 1 heterocycles. The molecule has 3 aromatic carbocycles. The molecule has 4 aromatic rings. The summed E-state index contributed by atoms with van der Waals surface area (Å²) in [4.78, 5) is 12.2. The van der Waals surface area contributed by atoms with Crippen LogP contribution in [0.2, 0.25) is 5.02 Å². The molecule has 0 aliphatic carbocycles. The van der Waals surface area contributed by atoms with Gasteiger partial charge >= 0.3 is 5.63 Å². The minimum atomic E-state index is -0.408. The number of ether oxygens (including phenoxy) is 2. The molecule has 29 heavy (non-hydrogen) atoms. The molecule has 4 rings (SSSR count). The van der Waals surface area contributed by atoms with E-state index >= 15 is 0 Å². The summed E-state index contributed by atoms with van der Waals surface area (Å²) in [6.45, 7) is 2.21. The standard InChI is InChI=1S/C24H19ClO4/c1-15-22(28-14-17-5-3-4-6-21(17)25)12-11-19-20(13-23(26)29-24(15)19)16-7-9-18(27-2)10-8-16/h3-13H,14H2,1-2H3. The van der Waals surface area contributed by atoms with Crippen molar-refractivity contribution in [3.8, 4) is 22.6 Å². The van der Waals surface area contributed by atoms with Crippen LogP contribution >= 0.6 is 11.6 Å². The second kappa shape index (κ2) is 8.02. The molecular weight excluding hydrogens is 388 g/mol. The molecule has 0 fully saturated rings. The summed E-state index contributed by atoms with van der Waals surface area (Å²) in [5.41, 5.74) is 3.48. The van der Waals surface area contributed by atoms with Gasteiger partial charge in [0.05, 0.1) is 7.11 Å². The average Bonchev–Trinajstić information content (AvgIpc) is 2.74. The fraction of sp³-hybridized carbons (Fsp3) is 0.125. The molecule has 4 nitrogen and oxygen atoms in total. The van der Waals surface area contributed by atoms with Gasteiger partial charge in [0.25, 0.3) is 0 Å². The Morgan fingerprint density at radius 1 is 1.00 bits per heavy atom. The summed E-state index contributed by atoms with van der Waals surface area (Å²) in [6, 6.07) is 20.4. The second-order valence-electron chi connectivity index (χ2n) is 6.65. The third-order valence-corrected chi connectivity index (χ3v) is 5.22. The highest BCUT2D eigenvalue weighted by atomic mass is 35.5. The van der Waals surface area contributed by atoms with Crippen molar-refractivity contribution in [3.63, 3.8) is 0 Å². The fourth-order valence-corrected chi connectivity index (χ4v) is 3.47. The van der Waals surface area contributed by atoms with Gasteiger partial charge in [0.15, 0.2) is 0 Å². The molecule has 5 heteroatoms. The molecule has 0 aliphatic heterocycles. The quantitative estimate of drug-likeness (QED) is 0.381. The smallest absolute Gasteiger partial charge is 0.336 e. The van der Waals surface area contributed by atoms with Crippen LogP contribution in [-0.2, 0) is 6.61 Å². The van der Waals surface area contributed by atoms with Gasteiger partial charge in [0.1, 0.15) is 23.7 Å². The summed E-state index contributed by atoms with van der Waals surface area (Å²) in [6.07, 6.45) is 0. The monoisotopic (exact) mass is 406 g/mol. The van der Waals surface area contributed by atoms with Crippen molar-refractivity contribution in [3.05, 3.63) is 93.3 Å². The van der Waals surface area contributed by atoms with Crippen molar-refractivity contribution in [2.45, 2.75) is 13.5 Å². The molecule has 0 aliphatic rings. The van der Waals surface area contributed by atoms with Crippen LogP contribution in [0.4, 0.5) is 0 Å². The molecule has 0 amide bonds. The van der Waals surface area contributed by atoms with Crippen molar-refractivity contribution in [1.82, 2.24) is 0 Å². The van der Waals surface area contributed by atoms with Crippen LogP contribution in [0.5, 0.6) is 11.5 Å². The van der Waals surface area contributed by atoms with Crippen LogP contribution in [0.15, 0.2) is 75.9 Å². The maximum atomic E-state index is 12.2. The Morgan fingerprint density at radius 2 is 1.76 bits per heavy atom. The van der Waals surface area contributed by atoms with E-state index in [2.05, 4.69) is 0 Å². The number of aryl methyl sites for hydroxylation is 1. The lowest BCUT2D eigenvalue weighted by atomic mass is 10.00. The topological polar surface area (TPSA) is 48.7 Å². The van der Waals surface area contributed by atoms with Gasteiger partial charge < -0.3 is 13.9 Å². The number of rotatable bonds is 5. The molecule has 0 saturated carbocycles. The lowest BCUT2D eigenvalue weighted by molar-refractivity contribution is 0.304. The third-order valence-electron chi connectivity index (χ3n) is 4.85. The molecule has 0 bridgehead atoms. The Balaban J connectivity index is 1.74. The maximum absolute atomic E-state index is 12.2. The second-order valence-corrected chi connectivity index (χ2v) is 7.06. The molecule has 0 saturated heterocycles. The number of halogens is 1. The number of hydrogen-bond acceptors (Lipinski definition) is 4. The first-order chi connectivity index (χ1) is 14.1. The Labute approximate surface area is 173 Å². The molecule has 0 N–H and O–H groups in total. The normalized spacial score (nSPS) is 10.9. The zero-order chi connectivity index (χ0) is 20.4. The molecule has 0 radical (unpaired) electrons. The van der Waals surface area contributed by atoms with Gasteiger partial charge in [-0.2, -0.15) is 0 Å². The van der Waals surface area contributed by atoms with Crippen molar-refractivity contribution >= 4 is 22.6 Å². The van der Waals surface area contributed by atoms with Gasteiger partial charge in [-0.3, -0.25) is 0 Å². The van der Waals surface area contributed by atoms with Crippen LogP contribution in [0.3, 0.4) is 0 Å². The molecule has 1 aromatic heterocycles. The van der Waals surface area contributed by atoms with Crippen molar-refractivity contribution in [2.75, 3.05) is 7.11 Å². The Kier molecular flexibility index (Phi) is 5.28. The summed E-state index contributed by atoms with van der Waals surface area (Å²) < 4.78 is 16.7. The summed E-state index contributed by atoms with van der Waals surface area (Å²) in [7, 11) is 1.62. The van der Waals surface area contributed by atoms with Gasteiger partial charge in [0.2, 0.25) is 0 Å². The zero-order valence-electron chi connectivity index (χ0n) is 16.1. The maximum Gasteiger partial charge on any atom is 0.336 e. The van der Waals surface area contributed by atoms with Crippen LogP contribution in [0.1, 0.15) is 11.1 Å². The first-order valence-corrected chi connectivity index (χ1v) is 9.52.